The van der Waals surface area contributed by atoms with E-state index in [4.69, 9.17) is 11.6 Å². The summed E-state index contributed by atoms with van der Waals surface area (Å²) < 4.78 is 38.7. The lowest BCUT2D eigenvalue weighted by Gasteiger charge is -2.29. The average molecular weight is 347 g/mol. The lowest BCUT2D eigenvalue weighted by molar-refractivity contribution is -0.138. The van der Waals surface area contributed by atoms with E-state index in [1.54, 1.807) is 0 Å². The number of imide groups is 1. The number of benzene rings is 1. The van der Waals surface area contributed by atoms with Gasteiger partial charge in [-0.05, 0) is 24.1 Å². The van der Waals surface area contributed by atoms with Crippen LogP contribution in [-0.4, -0.2) is 28.7 Å². The third kappa shape index (κ3) is 2.67. The van der Waals surface area contributed by atoms with Crippen molar-refractivity contribution in [2.75, 3.05) is 0 Å². The van der Waals surface area contributed by atoms with Crippen LogP contribution in [-0.2, 0) is 22.3 Å². The minimum Gasteiger partial charge on any atom is -0.322 e. The van der Waals surface area contributed by atoms with Crippen LogP contribution in [0, 0.1) is 0 Å². The number of rotatable bonds is 1. The zero-order chi connectivity index (χ0) is 16.9. The molecule has 9 heteroatoms. The summed E-state index contributed by atoms with van der Waals surface area (Å²) in [4.78, 5) is 36.5. The van der Waals surface area contributed by atoms with E-state index in [0.717, 1.165) is 6.07 Å². The number of hydrogen-bond donors (Lipinski definition) is 1. The molecule has 2 aliphatic heterocycles. The molecule has 3 amide bonds. The molecule has 2 heterocycles. The number of hydrogen-bond acceptors (Lipinski definition) is 3. The molecule has 1 saturated heterocycles. The fourth-order valence-corrected chi connectivity index (χ4v) is 3.10. The number of alkyl halides is 3. The van der Waals surface area contributed by atoms with Crippen LogP contribution in [0.5, 0.6) is 0 Å². The number of halogens is 4. The van der Waals surface area contributed by atoms with Crippen molar-refractivity contribution in [3.05, 3.63) is 33.8 Å². The molecule has 1 N–H and O–H groups in total. The SMILES string of the molecule is O=C1CCC(N2Cc3cc(Cl)c(C(F)(F)F)cc3C2=O)C(=O)N1. The molecule has 1 aromatic carbocycles. The van der Waals surface area contributed by atoms with E-state index in [2.05, 4.69) is 5.32 Å². The highest BCUT2D eigenvalue weighted by atomic mass is 35.5. The molecular formula is C14H10ClF3N2O3. The molecule has 0 aromatic heterocycles. The zero-order valence-electron chi connectivity index (χ0n) is 11.5. The minimum absolute atomic E-state index is 0.0156. The monoisotopic (exact) mass is 346 g/mol. The zero-order valence-corrected chi connectivity index (χ0v) is 12.3. The van der Waals surface area contributed by atoms with Gasteiger partial charge in [0.1, 0.15) is 6.04 Å². The average Bonchev–Trinajstić information content (AvgIpc) is 2.73. The molecule has 0 radical (unpaired) electrons. The second-order valence-corrected chi connectivity index (χ2v) is 5.79. The topological polar surface area (TPSA) is 66.5 Å². The lowest BCUT2D eigenvalue weighted by atomic mass is 10.0. The van der Waals surface area contributed by atoms with E-state index in [0.29, 0.717) is 11.6 Å². The van der Waals surface area contributed by atoms with Crippen LogP contribution in [0.3, 0.4) is 0 Å². The van der Waals surface area contributed by atoms with Crippen molar-refractivity contribution in [1.82, 2.24) is 10.2 Å². The number of piperidine rings is 1. The van der Waals surface area contributed by atoms with Crippen LogP contribution in [0.1, 0.15) is 34.3 Å². The number of fused-ring (bicyclic) bond motifs is 1. The van der Waals surface area contributed by atoms with Crippen molar-refractivity contribution in [3.63, 3.8) is 0 Å². The quantitative estimate of drug-likeness (QED) is 0.792. The molecule has 3 rings (SSSR count). The predicted octanol–water partition coefficient (Wildman–Crippen LogP) is 2.12. The van der Waals surface area contributed by atoms with Gasteiger partial charge in [-0.25, -0.2) is 0 Å². The predicted molar refractivity (Wildman–Crippen MR) is 72.5 cm³/mol. The van der Waals surface area contributed by atoms with Crippen LogP contribution in [0.2, 0.25) is 5.02 Å². The van der Waals surface area contributed by atoms with Gasteiger partial charge in [-0.3, -0.25) is 19.7 Å². The first-order valence-electron chi connectivity index (χ1n) is 6.73. The molecular weight excluding hydrogens is 337 g/mol. The van der Waals surface area contributed by atoms with Gasteiger partial charge < -0.3 is 4.90 Å². The molecule has 2 aliphatic rings. The molecule has 5 nitrogen and oxygen atoms in total. The fraction of sp³-hybridized carbons (Fsp3) is 0.357. The van der Waals surface area contributed by atoms with Crippen LogP contribution >= 0.6 is 11.6 Å². The minimum atomic E-state index is -4.67. The summed E-state index contributed by atoms with van der Waals surface area (Å²) in [6.45, 7) is -0.0156. The van der Waals surface area contributed by atoms with E-state index < -0.39 is 40.5 Å². The molecule has 122 valence electrons. The normalized spacial score (nSPS) is 21.5. The van der Waals surface area contributed by atoms with E-state index in [1.165, 1.54) is 4.90 Å². The van der Waals surface area contributed by atoms with Gasteiger partial charge in [0.25, 0.3) is 5.91 Å². The second-order valence-electron chi connectivity index (χ2n) is 5.39. The molecule has 1 aromatic rings. The number of nitrogens with one attached hydrogen (secondary N) is 1. The Kier molecular flexibility index (Phi) is 3.59. The molecule has 0 aliphatic carbocycles. The summed E-state index contributed by atoms with van der Waals surface area (Å²) in [6.07, 6.45) is -4.45. The summed E-state index contributed by atoms with van der Waals surface area (Å²) in [5, 5.41) is 1.63. The van der Waals surface area contributed by atoms with E-state index >= 15 is 0 Å². The lowest BCUT2D eigenvalue weighted by Crippen LogP contribution is -2.52. The van der Waals surface area contributed by atoms with Gasteiger partial charge in [0.05, 0.1) is 10.6 Å². The number of amides is 3. The summed E-state index contributed by atoms with van der Waals surface area (Å²) in [5.74, 6) is -1.72. The first-order valence-corrected chi connectivity index (χ1v) is 7.10. The van der Waals surface area contributed by atoms with E-state index in [9.17, 15) is 27.6 Å². The van der Waals surface area contributed by atoms with Crippen molar-refractivity contribution in [2.45, 2.75) is 31.6 Å². The van der Waals surface area contributed by atoms with Gasteiger partial charge >= 0.3 is 6.18 Å². The van der Waals surface area contributed by atoms with Crippen molar-refractivity contribution in [2.24, 2.45) is 0 Å². The fourth-order valence-electron chi connectivity index (χ4n) is 2.80. The van der Waals surface area contributed by atoms with Crippen molar-refractivity contribution in [3.8, 4) is 0 Å². The highest BCUT2D eigenvalue weighted by molar-refractivity contribution is 6.31. The molecule has 1 atom stereocenters. The number of carbonyl (C=O) groups is 3. The summed E-state index contributed by atoms with van der Waals surface area (Å²) in [6, 6.07) is 0.941. The molecule has 0 saturated carbocycles. The Hall–Kier alpha value is -2.09. The summed E-state index contributed by atoms with van der Waals surface area (Å²) >= 11 is 5.65. The summed E-state index contributed by atoms with van der Waals surface area (Å²) in [5.41, 5.74) is -0.875. The van der Waals surface area contributed by atoms with Crippen LogP contribution in [0.25, 0.3) is 0 Å². The molecule has 0 spiro atoms. The molecule has 1 unspecified atom stereocenters. The van der Waals surface area contributed by atoms with Gasteiger partial charge in [-0.1, -0.05) is 11.6 Å². The highest BCUT2D eigenvalue weighted by Gasteiger charge is 2.41. The third-order valence-electron chi connectivity index (χ3n) is 3.92. The van der Waals surface area contributed by atoms with E-state index in [1.807, 2.05) is 0 Å². The molecule has 1 fully saturated rings. The van der Waals surface area contributed by atoms with Gasteiger partial charge in [0.2, 0.25) is 11.8 Å². The highest BCUT2D eigenvalue weighted by Crippen LogP contribution is 2.39. The largest absolute Gasteiger partial charge is 0.417 e. The van der Waals surface area contributed by atoms with Crippen LogP contribution < -0.4 is 5.32 Å². The van der Waals surface area contributed by atoms with Crippen LogP contribution in [0.15, 0.2) is 12.1 Å². The maximum atomic E-state index is 12.9. The van der Waals surface area contributed by atoms with Gasteiger partial charge in [-0.2, -0.15) is 13.2 Å². The second kappa shape index (κ2) is 5.23. The van der Waals surface area contributed by atoms with Crippen molar-refractivity contribution >= 4 is 29.3 Å². The van der Waals surface area contributed by atoms with Gasteiger partial charge in [-0.15, -0.1) is 0 Å². The Morgan fingerprint density at radius 2 is 1.91 bits per heavy atom. The Labute approximate surface area is 133 Å². The number of carbonyl (C=O) groups excluding carboxylic acids is 3. The number of nitrogens with zero attached hydrogens (tertiary/aromatic N) is 1. The Bertz CT molecular complexity index is 733. The van der Waals surface area contributed by atoms with Gasteiger partial charge in [0, 0.05) is 18.5 Å². The van der Waals surface area contributed by atoms with Crippen LogP contribution in [0.4, 0.5) is 13.2 Å². The standard InChI is InChI=1S/C14H10ClF3N2O3/c15-9-3-6-5-20(10-1-2-11(21)19-12(10)22)13(23)7(6)4-8(9)14(16,17)18/h3-4,10H,1-2,5H2,(H,19,21,22). The Morgan fingerprint density at radius 3 is 2.52 bits per heavy atom. The third-order valence-corrected chi connectivity index (χ3v) is 4.23. The smallest absolute Gasteiger partial charge is 0.322 e. The van der Waals surface area contributed by atoms with Crippen molar-refractivity contribution < 1.29 is 27.6 Å². The Balaban J connectivity index is 1.94. The maximum Gasteiger partial charge on any atom is 0.417 e. The molecule has 23 heavy (non-hydrogen) atoms. The van der Waals surface area contributed by atoms with Gasteiger partial charge in [0.15, 0.2) is 0 Å². The first kappa shape index (κ1) is 15.8. The first-order chi connectivity index (χ1) is 10.7. The van der Waals surface area contributed by atoms with Crippen molar-refractivity contribution in [1.29, 1.82) is 0 Å². The van der Waals surface area contributed by atoms with E-state index in [-0.39, 0.29) is 24.9 Å². The Morgan fingerprint density at radius 1 is 1.22 bits per heavy atom. The molecule has 0 bridgehead atoms. The summed E-state index contributed by atoms with van der Waals surface area (Å²) in [7, 11) is 0. The maximum absolute atomic E-state index is 12.9.